The van der Waals surface area contributed by atoms with E-state index < -0.39 is 10.0 Å². The molecule has 2 saturated heterocycles. The van der Waals surface area contributed by atoms with Gasteiger partial charge in [0.05, 0.1) is 10.8 Å². The number of ketones is 1. The average Bonchev–Trinajstić information content (AvgIpc) is 3.53. The van der Waals surface area contributed by atoms with Gasteiger partial charge in [0.15, 0.2) is 5.78 Å². The minimum Gasteiger partial charge on any atom is -0.356 e. The molecule has 8 nitrogen and oxygen atoms in total. The maximum atomic E-state index is 12.5. The van der Waals surface area contributed by atoms with Gasteiger partial charge in [0.1, 0.15) is 10.6 Å². The molecule has 0 saturated carbocycles. The number of Topliss-reactive ketones (excluding diaryl/α,β-unsaturated/α-hetero) is 1. The monoisotopic (exact) mass is 448 g/mol. The van der Waals surface area contributed by atoms with Gasteiger partial charge in [0.25, 0.3) is 5.91 Å². The standard InChI is InChI=1S/C20H24N4O4S2/c25-18(15-11-17(21-12-15)20(26)23-7-1-2-8-23)14-29-19-6-5-16(13-22-19)30(27,28)24-9-3-4-10-24/h5-6,11-13,21H,1-4,7-10,14H2. The van der Waals surface area contributed by atoms with Crippen molar-refractivity contribution in [2.75, 3.05) is 31.9 Å². The third-order valence-corrected chi connectivity index (χ3v) is 8.22. The Morgan fingerprint density at radius 1 is 1.07 bits per heavy atom. The summed E-state index contributed by atoms with van der Waals surface area (Å²) < 4.78 is 26.6. The van der Waals surface area contributed by atoms with Crippen LogP contribution in [-0.2, 0) is 10.0 Å². The number of carbonyl (C=O) groups excluding carboxylic acids is 2. The Hall–Kier alpha value is -2.17. The van der Waals surface area contributed by atoms with Crippen LogP contribution in [0.5, 0.6) is 0 Å². The molecule has 0 spiro atoms. The minimum absolute atomic E-state index is 0.0735. The first-order valence-electron chi connectivity index (χ1n) is 10.0. The molecule has 30 heavy (non-hydrogen) atoms. The number of pyridine rings is 1. The Kier molecular flexibility index (Phi) is 6.26. The summed E-state index contributed by atoms with van der Waals surface area (Å²) in [6.07, 6.45) is 6.70. The molecule has 4 heterocycles. The largest absolute Gasteiger partial charge is 0.356 e. The first-order chi connectivity index (χ1) is 14.4. The number of rotatable bonds is 7. The summed E-state index contributed by atoms with van der Waals surface area (Å²) in [5, 5.41) is 0.577. The molecule has 2 aliphatic heterocycles. The number of aromatic nitrogens is 2. The second kappa shape index (κ2) is 8.91. The number of nitrogens with one attached hydrogen (secondary N) is 1. The zero-order valence-corrected chi connectivity index (χ0v) is 18.2. The molecule has 0 unspecified atom stereocenters. The summed E-state index contributed by atoms with van der Waals surface area (Å²) in [6, 6.07) is 4.76. The van der Waals surface area contributed by atoms with E-state index in [1.807, 2.05) is 0 Å². The number of hydrogen-bond donors (Lipinski definition) is 1. The van der Waals surface area contributed by atoms with Gasteiger partial charge in [0, 0.05) is 44.1 Å². The Morgan fingerprint density at radius 2 is 1.77 bits per heavy atom. The number of hydrogen-bond acceptors (Lipinski definition) is 6. The van der Waals surface area contributed by atoms with Crippen molar-refractivity contribution in [1.29, 1.82) is 0 Å². The number of sulfonamides is 1. The smallest absolute Gasteiger partial charge is 0.270 e. The van der Waals surface area contributed by atoms with Crippen molar-refractivity contribution in [2.45, 2.75) is 35.6 Å². The average molecular weight is 449 g/mol. The van der Waals surface area contributed by atoms with Crippen molar-refractivity contribution in [3.8, 4) is 0 Å². The number of nitrogens with zero attached hydrogens (tertiary/aromatic N) is 3. The van der Waals surface area contributed by atoms with Crippen LogP contribution in [0, 0.1) is 0 Å². The Balaban J connectivity index is 1.34. The van der Waals surface area contributed by atoms with E-state index in [2.05, 4.69) is 9.97 Å². The summed E-state index contributed by atoms with van der Waals surface area (Å²) in [7, 11) is -3.49. The number of amides is 1. The lowest BCUT2D eigenvalue weighted by Gasteiger charge is -2.15. The van der Waals surface area contributed by atoms with E-state index in [0.717, 1.165) is 38.8 Å². The summed E-state index contributed by atoms with van der Waals surface area (Å²) in [5.74, 6) is -0.0385. The van der Waals surface area contributed by atoms with E-state index in [9.17, 15) is 18.0 Å². The van der Waals surface area contributed by atoms with Crippen LogP contribution in [-0.4, -0.2) is 71.2 Å². The maximum Gasteiger partial charge on any atom is 0.270 e. The molecular weight excluding hydrogens is 424 g/mol. The summed E-state index contributed by atoms with van der Waals surface area (Å²) >= 11 is 1.24. The number of likely N-dealkylation sites (tertiary alicyclic amines) is 1. The quantitative estimate of drug-likeness (QED) is 0.515. The fourth-order valence-electron chi connectivity index (χ4n) is 3.67. The van der Waals surface area contributed by atoms with Crippen LogP contribution < -0.4 is 0 Å². The van der Waals surface area contributed by atoms with Gasteiger partial charge in [-0.25, -0.2) is 13.4 Å². The van der Waals surface area contributed by atoms with Gasteiger partial charge in [-0.2, -0.15) is 4.31 Å². The fourth-order valence-corrected chi connectivity index (χ4v) is 5.87. The van der Waals surface area contributed by atoms with Gasteiger partial charge in [0.2, 0.25) is 10.0 Å². The van der Waals surface area contributed by atoms with E-state index in [1.165, 1.54) is 28.3 Å². The van der Waals surface area contributed by atoms with Gasteiger partial charge in [-0.1, -0.05) is 11.8 Å². The van der Waals surface area contributed by atoms with E-state index >= 15 is 0 Å². The molecule has 1 N–H and O–H groups in total. The van der Waals surface area contributed by atoms with E-state index in [4.69, 9.17) is 0 Å². The SMILES string of the molecule is O=C(CSc1ccc(S(=O)(=O)N2CCCC2)cn1)c1c[nH]c(C(=O)N2CCCC2)c1. The van der Waals surface area contributed by atoms with Crippen LogP contribution in [0.1, 0.15) is 46.5 Å². The molecule has 0 aliphatic carbocycles. The molecular formula is C20H24N4O4S2. The predicted molar refractivity (Wildman–Crippen MR) is 113 cm³/mol. The molecule has 0 bridgehead atoms. The minimum atomic E-state index is -3.49. The van der Waals surface area contributed by atoms with E-state index in [-0.39, 0.29) is 22.3 Å². The first kappa shape index (κ1) is 21.1. The van der Waals surface area contributed by atoms with Gasteiger partial charge in [-0.05, 0) is 43.9 Å². The molecule has 2 aliphatic rings. The van der Waals surface area contributed by atoms with E-state index in [0.29, 0.717) is 29.4 Å². The third-order valence-electron chi connectivity index (χ3n) is 5.39. The number of carbonyl (C=O) groups is 2. The molecule has 2 aromatic rings. The van der Waals surface area contributed by atoms with E-state index in [1.54, 1.807) is 23.2 Å². The van der Waals surface area contributed by atoms with Crippen molar-refractivity contribution in [3.63, 3.8) is 0 Å². The molecule has 0 radical (unpaired) electrons. The highest BCUT2D eigenvalue weighted by molar-refractivity contribution is 7.99. The first-order valence-corrected chi connectivity index (χ1v) is 12.5. The molecule has 2 fully saturated rings. The predicted octanol–water partition coefficient (Wildman–Crippen LogP) is 2.41. The zero-order chi connectivity index (χ0) is 21.1. The van der Waals surface area contributed by atoms with Crippen LogP contribution in [0.3, 0.4) is 0 Å². The summed E-state index contributed by atoms with van der Waals surface area (Å²) in [5.41, 5.74) is 0.887. The van der Waals surface area contributed by atoms with Crippen molar-refractivity contribution in [1.82, 2.24) is 19.2 Å². The normalized spacial score (nSPS) is 17.5. The Labute approximate surface area is 180 Å². The Morgan fingerprint density at radius 3 is 2.43 bits per heavy atom. The molecule has 1 amide bonds. The van der Waals surface area contributed by atoms with Crippen LogP contribution in [0.15, 0.2) is 40.5 Å². The molecule has 0 aromatic carbocycles. The highest BCUT2D eigenvalue weighted by atomic mass is 32.2. The van der Waals surface area contributed by atoms with Crippen LogP contribution in [0.25, 0.3) is 0 Å². The van der Waals surface area contributed by atoms with Gasteiger partial charge in [-0.15, -0.1) is 0 Å². The molecule has 10 heteroatoms. The highest BCUT2D eigenvalue weighted by Crippen LogP contribution is 2.23. The summed E-state index contributed by atoms with van der Waals surface area (Å²) in [6.45, 7) is 2.61. The third kappa shape index (κ3) is 4.45. The highest BCUT2D eigenvalue weighted by Gasteiger charge is 2.27. The zero-order valence-electron chi connectivity index (χ0n) is 16.5. The fraction of sp³-hybridized carbons (Fsp3) is 0.450. The lowest BCUT2D eigenvalue weighted by atomic mass is 10.2. The van der Waals surface area contributed by atoms with Gasteiger partial charge in [-0.3, -0.25) is 9.59 Å². The topological polar surface area (TPSA) is 103 Å². The van der Waals surface area contributed by atoms with Gasteiger partial charge >= 0.3 is 0 Å². The second-order valence-corrected chi connectivity index (χ2v) is 10.4. The van der Waals surface area contributed by atoms with Crippen molar-refractivity contribution >= 4 is 33.5 Å². The second-order valence-electron chi connectivity index (χ2n) is 7.46. The maximum absolute atomic E-state index is 12.5. The molecule has 0 atom stereocenters. The Bertz CT molecular complexity index is 1020. The van der Waals surface area contributed by atoms with Crippen molar-refractivity contribution in [2.24, 2.45) is 0 Å². The van der Waals surface area contributed by atoms with Crippen LogP contribution in [0.2, 0.25) is 0 Å². The summed E-state index contributed by atoms with van der Waals surface area (Å²) in [4.78, 5) is 33.9. The molecule has 160 valence electrons. The lowest BCUT2D eigenvalue weighted by molar-refractivity contribution is 0.0787. The number of H-pyrrole nitrogens is 1. The number of aromatic amines is 1. The van der Waals surface area contributed by atoms with Crippen molar-refractivity contribution in [3.05, 3.63) is 41.9 Å². The van der Waals surface area contributed by atoms with Crippen LogP contribution in [0.4, 0.5) is 0 Å². The van der Waals surface area contributed by atoms with Crippen molar-refractivity contribution < 1.29 is 18.0 Å². The number of thioether (sulfide) groups is 1. The molecule has 4 rings (SSSR count). The lowest BCUT2D eigenvalue weighted by Crippen LogP contribution is -2.27. The van der Waals surface area contributed by atoms with Crippen LogP contribution >= 0.6 is 11.8 Å². The van der Waals surface area contributed by atoms with Gasteiger partial charge < -0.3 is 9.88 Å². The molecule has 2 aromatic heterocycles.